The predicted molar refractivity (Wildman–Crippen MR) is 79.9 cm³/mol. The first-order valence-electron chi connectivity index (χ1n) is 6.19. The van der Waals surface area contributed by atoms with Gasteiger partial charge in [-0.25, -0.2) is 9.18 Å². The van der Waals surface area contributed by atoms with Gasteiger partial charge in [-0.2, -0.15) is 5.10 Å². The quantitative estimate of drug-likeness (QED) is 0.785. The van der Waals surface area contributed by atoms with Crippen LogP contribution in [0.5, 0.6) is 0 Å². The summed E-state index contributed by atoms with van der Waals surface area (Å²) in [6.07, 6.45) is 0. The van der Waals surface area contributed by atoms with Gasteiger partial charge in [-0.1, -0.05) is 40.2 Å². The van der Waals surface area contributed by atoms with E-state index in [4.69, 9.17) is 0 Å². The Morgan fingerprint density at radius 3 is 2.76 bits per heavy atom. The van der Waals surface area contributed by atoms with Crippen molar-refractivity contribution in [2.24, 2.45) is 0 Å². The molecule has 0 radical (unpaired) electrons. The van der Waals surface area contributed by atoms with E-state index < -0.39 is 5.97 Å². The fourth-order valence-corrected chi connectivity index (χ4v) is 2.55. The van der Waals surface area contributed by atoms with Gasteiger partial charge in [0.1, 0.15) is 5.82 Å². The van der Waals surface area contributed by atoms with Gasteiger partial charge in [-0.3, -0.25) is 4.68 Å². The number of hydrogen-bond acceptors (Lipinski definition) is 2. The highest BCUT2D eigenvalue weighted by Gasteiger charge is 2.16. The van der Waals surface area contributed by atoms with Crippen molar-refractivity contribution in [1.82, 2.24) is 9.78 Å². The van der Waals surface area contributed by atoms with E-state index in [1.807, 2.05) is 0 Å². The number of hydrogen-bond donors (Lipinski definition) is 1. The molecule has 3 aromatic rings. The molecule has 0 saturated carbocycles. The van der Waals surface area contributed by atoms with E-state index in [9.17, 15) is 14.3 Å². The lowest BCUT2D eigenvalue weighted by atomic mass is 10.2. The van der Waals surface area contributed by atoms with Gasteiger partial charge in [0.15, 0.2) is 5.69 Å². The molecular weight excluding hydrogens is 339 g/mol. The van der Waals surface area contributed by atoms with Crippen LogP contribution in [0.25, 0.3) is 10.9 Å². The molecule has 0 atom stereocenters. The maximum Gasteiger partial charge on any atom is 0.357 e. The van der Waals surface area contributed by atoms with Gasteiger partial charge in [0.05, 0.1) is 12.1 Å². The number of fused-ring (bicyclic) bond motifs is 1. The maximum atomic E-state index is 13.9. The molecule has 0 aliphatic rings. The Hall–Kier alpha value is -2.21. The van der Waals surface area contributed by atoms with Crippen LogP contribution in [0.2, 0.25) is 0 Å². The number of aromatic nitrogens is 2. The lowest BCUT2D eigenvalue weighted by molar-refractivity contribution is 0.0691. The molecule has 0 unspecified atom stereocenters. The van der Waals surface area contributed by atoms with Crippen LogP contribution in [0.4, 0.5) is 4.39 Å². The molecule has 21 heavy (non-hydrogen) atoms. The average Bonchev–Trinajstić information content (AvgIpc) is 2.81. The minimum Gasteiger partial charge on any atom is -0.476 e. The second-order valence-corrected chi connectivity index (χ2v) is 5.48. The summed E-state index contributed by atoms with van der Waals surface area (Å²) < 4.78 is 16.1. The normalized spacial score (nSPS) is 11.0. The number of halogens is 2. The summed E-state index contributed by atoms with van der Waals surface area (Å²) >= 11 is 3.20. The Labute approximate surface area is 127 Å². The first-order valence-corrected chi connectivity index (χ1v) is 6.98. The highest BCUT2D eigenvalue weighted by atomic mass is 79.9. The number of carbonyl (C=O) groups is 1. The third-order valence-corrected chi connectivity index (χ3v) is 3.69. The second kappa shape index (κ2) is 5.29. The highest BCUT2D eigenvalue weighted by molar-refractivity contribution is 9.10. The zero-order valence-corrected chi connectivity index (χ0v) is 12.3. The van der Waals surface area contributed by atoms with E-state index in [1.54, 1.807) is 36.4 Å². The molecule has 0 aliphatic carbocycles. The number of nitrogens with zero attached hydrogens (tertiary/aromatic N) is 2. The van der Waals surface area contributed by atoms with Crippen molar-refractivity contribution in [3.63, 3.8) is 0 Å². The van der Waals surface area contributed by atoms with Gasteiger partial charge < -0.3 is 5.11 Å². The topological polar surface area (TPSA) is 55.1 Å². The van der Waals surface area contributed by atoms with Gasteiger partial charge in [-0.15, -0.1) is 0 Å². The van der Waals surface area contributed by atoms with Gasteiger partial charge in [-0.05, 0) is 18.2 Å². The van der Waals surface area contributed by atoms with E-state index in [-0.39, 0.29) is 18.1 Å². The summed E-state index contributed by atoms with van der Waals surface area (Å²) in [5, 5.41) is 13.8. The average molecular weight is 349 g/mol. The number of rotatable bonds is 3. The molecular formula is C15H10BrFN2O2. The molecule has 1 N–H and O–H groups in total. The minimum atomic E-state index is -1.10. The van der Waals surface area contributed by atoms with Crippen LogP contribution in [-0.2, 0) is 6.54 Å². The maximum absolute atomic E-state index is 13.9. The fourth-order valence-electron chi connectivity index (χ4n) is 2.22. The zero-order chi connectivity index (χ0) is 15.0. The molecule has 0 fully saturated rings. The molecule has 0 amide bonds. The van der Waals surface area contributed by atoms with Gasteiger partial charge >= 0.3 is 5.97 Å². The van der Waals surface area contributed by atoms with Crippen molar-refractivity contribution in [2.75, 3.05) is 0 Å². The van der Waals surface area contributed by atoms with Crippen LogP contribution in [-0.4, -0.2) is 20.9 Å². The first kappa shape index (κ1) is 13.8. The van der Waals surface area contributed by atoms with Crippen molar-refractivity contribution >= 4 is 32.8 Å². The summed E-state index contributed by atoms with van der Waals surface area (Å²) in [5.74, 6) is -1.46. The summed E-state index contributed by atoms with van der Waals surface area (Å²) in [6.45, 7) is 0.174. The molecule has 1 heterocycles. The summed E-state index contributed by atoms with van der Waals surface area (Å²) in [6, 6.07) is 11.8. The number of aromatic carboxylic acids is 1. The van der Waals surface area contributed by atoms with Crippen LogP contribution in [0.3, 0.4) is 0 Å². The molecule has 0 spiro atoms. The van der Waals surface area contributed by atoms with Crippen LogP contribution in [0, 0.1) is 5.82 Å². The Balaban J connectivity index is 2.10. The molecule has 1 aromatic heterocycles. The largest absolute Gasteiger partial charge is 0.476 e. The second-order valence-electron chi connectivity index (χ2n) is 4.56. The van der Waals surface area contributed by atoms with Crippen molar-refractivity contribution in [2.45, 2.75) is 6.54 Å². The molecule has 6 heteroatoms. The van der Waals surface area contributed by atoms with Crippen molar-refractivity contribution in [3.8, 4) is 0 Å². The van der Waals surface area contributed by atoms with E-state index in [0.29, 0.717) is 20.9 Å². The van der Waals surface area contributed by atoms with E-state index >= 15 is 0 Å². The molecule has 0 bridgehead atoms. The van der Waals surface area contributed by atoms with E-state index in [0.717, 1.165) is 0 Å². The molecule has 106 valence electrons. The lowest BCUT2D eigenvalue weighted by Crippen LogP contribution is -2.06. The Morgan fingerprint density at radius 2 is 2.05 bits per heavy atom. The van der Waals surface area contributed by atoms with E-state index in [2.05, 4.69) is 21.0 Å². The van der Waals surface area contributed by atoms with Crippen molar-refractivity contribution < 1.29 is 14.3 Å². The van der Waals surface area contributed by atoms with Crippen LogP contribution >= 0.6 is 15.9 Å². The Bertz CT molecular complexity index is 845. The number of carboxylic acid groups (broad SMARTS) is 1. The predicted octanol–water partition coefficient (Wildman–Crippen LogP) is 3.68. The fraction of sp³-hybridized carbons (Fsp3) is 0.0667. The van der Waals surface area contributed by atoms with Crippen molar-refractivity contribution in [1.29, 1.82) is 0 Å². The smallest absolute Gasteiger partial charge is 0.357 e. The number of para-hydroxylation sites is 1. The molecule has 3 rings (SSSR count). The minimum absolute atomic E-state index is 0.0249. The standard InChI is InChI=1S/C15H10BrFN2O2/c16-10-6-5-9(12(17)7-10)8-19-13-4-2-1-3-11(13)14(18-19)15(20)21/h1-7H,8H2,(H,20,21). The summed E-state index contributed by atoms with van der Waals surface area (Å²) in [7, 11) is 0. The molecule has 4 nitrogen and oxygen atoms in total. The monoisotopic (exact) mass is 348 g/mol. The van der Waals surface area contributed by atoms with Gasteiger partial charge in [0.2, 0.25) is 0 Å². The first-order chi connectivity index (χ1) is 10.1. The van der Waals surface area contributed by atoms with Crippen LogP contribution in [0.1, 0.15) is 16.1 Å². The van der Waals surface area contributed by atoms with E-state index in [1.165, 1.54) is 10.7 Å². The molecule has 2 aromatic carbocycles. The SMILES string of the molecule is O=C(O)c1nn(Cc2ccc(Br)cc2F)c2ccccc12. The highest BCUT2D eigenvalue weighted by Crippen LogP contribution is 2.21. The van der Waals surface area contributed by atoms with Crippen LogP contribution < -0.4 is 0 Å². The lowest BCUT2D eigenvalue weighted by Gasteiger charge is -2.05. The third-order valence-electron chi connectivity index (χ3n) is 3.20. The molecule has 0 aliphatic heterocycles. The van der Waals surface area contributed by atoms with Crippen molar-refractivity contribution in [3.05, 3.63) is 64.0 Å². The van der Waals surface area contributed by atoms with Gasteiger partial charge in [0, 0.05) is 15.4 Å². The number of benzene rings is 2. The molecule has 0 saturated heterocycles. The van der Waals surface area contributed by atoms with Gasteiger partial charge in [0.25, 0.3) is 0 Å². The number of carboxylic acids is 1. The summed E-state index contributed by atoms with van der Waals surface area (Å²) in [4.78, 5) is 11.2. The Kier molecular flexibility index (Phi) is 3.47. The summed E-state index contributed by atoms with van der Waals surface area (Å²) in [5.41, 5.74) is 1.09. The Morgan fingerprint density at radius 1 is 1.29 bits per heavy atom. The third kappa shape index (κ3) is 2.54. The van der Waals surface area contributed by atoms with Crippen LogP contribution in [0.15, 0.2) is 46.9 Å². The zero-order valence-electron chi connectivity index (χ0n) is 10.8.